The molecule has 13 heavy (non-hydrogen) atoms. The molecule has 0 heterocycles. The molecule has 0 spiro atoms. The van der Waals surface area contributed by atoms with E-state index in [-0.39, 0.29) is 11.2 Å². The second kappa shape index (κ2) is 4.10. The van der Waals surface area contributed by atoms with Gasteiger partial charge in [0.15, 0.2) is 0 Å². The van der Waals surface area contributed by atoms with Crippen LogP contribution in [0, 0.1) is 16.9 Å². The molecular formula is C11H20OSi. The van der Waals surface area contributed by atoms with Crippen molar-refractivity contribution in [2.45, 2.75) is 46.8 Å². The Bertz CT molecular complexity index is 242. The Morgan fingerprint density at radius 3 is 2.00 bits per heavy atom. The number of hydrogen-bond donors (Lipinski definition) is 0. The van der Waals surface area contributed by atoms with Crippen LogP contribution in [0.4, 0.5) is 0 Å². The van der Waals surface area contributed by atoms with Crippen LogP contribution in [0.1, 0.15) is 27.2 Å². The van der Waals surface area contributed by atoms with E-state index in [2.05, 4.69) is 51.9 Å². The molecule has 0 aliphatic rings. The molecule has 0 aromatic heterocycles. The van der Waals surface area contributed by atoms with Gasteiger partial charge in [-0.2, -0.15) is 0 Å². The monoisotopic (exact) mass is 196 g/mol. The smallest absolute Gasteiger partial charge is 0.205 e. The molecule has 2 heteroatoms. The molecule has 0 N–H and O–H groups in total. The van der Waals surface area contributed by atoms with Crippen LogP contribution >= 0.6 is 0 Å². The molecule has 0 fully saturated rings. The van der Waals surface area contributed by atoms with Crippen molar-refractivity contribution in [1.82, 2.24) is 0 Å². The summed E-state index contributed by atoms with van der Waals surface area (Å²) in [5.41, 5.74) is 3.14. The number of ketones is 1. The summed E-state index contributed by atoms with van der Waals surface area (Å²) in [5, 5.41) is 0. The standard InChI is InChI=1S/C11H20OSi/c1-11(2,3)9-10(12)7-8-13(4,5)6/h9H2,1-6H3. The molecular weight excluding hydrogens is 176 g/mol. The Morgan fingerprint density at radius 1 is 1.23 bits per heavy atom. The Morgan fingerprint density at radius 2 is 1.69 bits per heavy atom. The van der Waals surface area contributed by atoms with Gasteiger partial charge in [0, 0.05) is 6.42 Å². The minimum Gasteiger partial charge on any atom is -0.285 e. The van der Waals surface area contributed by atoms with Crippen molar-refractivity contribution < 1.29 is 4.79 Å². The van der Waals surface area contributed by atoms with Gasteiger partial charge in [0.05, 0.1) is 0 Å². The molecule has 0 saturated carbocycles. The van der Waals surface area contributed by atoms with Gasteiger partial charge in [-0.15, -0.1) is 5.54 Å². The van der Waals surface area contributed by atoms with Gasteiger partial charge in [0.25, 0.3) is 0 Å². The molecule has 1 nitrogen and oxygen atoms in total. The SMILES string of the molecule is CC(C)(C)CC(=O)C#C[Si](C)(C)C. The van der Waals surface area contributed by atoms with Crippen molar-refractivity contribution in [3.63, 3.8) is 0 Å². The first-order chi connectivity index (χ1) is 5.60. The second-order valence-electron chi connectivity index (χ2n) is 5.66. The normalized spacial score (nSPS) is 11.8. The zero-order valence-electron chi connectivity index (χ0n) is 9.62. The lowest BCUT2D eigenvalue weighted by molar-refractivity contribution is -0.115. The molecule has 0 unspecified atom stereocenters. The van der Waals surface area contributed by atoms with Crippen LogP contribution in [0.25, 0.3) is 0 Å². The molecule has 0 radical (unpaired) electrons. The molecule has 0 aliphatic heterocycles. The van der Waals surface area contributed by atoms with Crippen LogP contribution in [0.5, 0.6) is 0 Å². The first-order valence-corrected chi connectivity index (χ1v) is 8.16. The maximum absolute atomic E-state index is 11.4. The lowest BCUT2D eigenvalue weighted by Gasteiger charge is -2.14. The summed E-state index contributed by atoms with van der Waals surface area (Å²) >= 11 is 0. The molecule has 74 valence electrons. The third-order valence-electron chi connectivity index (χ3n) is 1.27. The zero-order chi connectivity index (χ0) is 10.7. The maximum atomic E-state index is 11.4. The van der Waals surface area contributed by atoms with Gasteiger partial charge in [-0.25, -0.2) is 0 Å². The Hall–Kier alpha value is -0.553. The van der Waals surface area contributed by atoms with Crippen LogP contribution < -0.4 is 0 Å². The minimum atomic E-state index is -1.38. The van der Waals surface area contributed by atoms with Crippen LogP contribution in [-0.2, 0) is 4.79 Å². The summed E-state index contributed by atoms with van der Waals surface area (Å²) in [7, 11) is -1.38. The van der Waals surface area contributed by atoms with E-state index in [9.17, 15) is 4.79 Å². The summed E-state index contributed by atoms with van der Waals surface area (Å²) in [6.07, 6.45) is 0.560. The van der Waals surface area contributed by atoms with Crippen molar-refractivity contribution in [1.29, 1.82) is 0 Å². The quantitative estimate of drug-likeness (QED) is 0.465. The van der Waals surface area contributed by atoms with Gasteiger partial charge < -0.3 is 0 Å². The van der Waals surface area contributed by atoms with Crippen LogP contribution in [0.3, 0.4) is 0 Å². The fourth-order valence-corrected chi connectivity index (χ4v) is 1.30. The van der Waals surface area contributed by atoms with Gasteiger partial charge in [-0.3, -0.25) is 4.79 Å². The van der Waals surface area contributed by atoms with E-state index in [1.807, 2.05) is 0 Å². The Balaban J connectivity index is 4.23. The number of carbonyl (C=O) groups excluding carboxylic acids is 1. The van der Waals surface area contributed by atoms with E-state index in [0.717, 1.165) is 0 Å². The van der Waals surface area contributed by atoms with Crippen molar-refractivity contribution in [3.8, 4) is 11.5 Å². The van der Waals surface area contributed by atoms with Gasteiger partial charge in [-0.1, -0.05) is 40.4 Å². The van der Waals surface area contributed by atoms with E-state index < -0.39 is 8.07 Å². The zero-order valence-corrected chi connectivity index (χ0v) is 10.6. The highest BCUT2D eigenvalue weighted by Gasteiger charge is 2.15. The molecule has 0 amide bonds. The summed E-state index contributed by atoms with van der Waals surface area (Å²) in [4.78, 5) is 11.4. The van der Waals surface area contributed by atoms with Crippen molar-refractivity contribution in [2.75, 3.05) is 0 Å². The largest absolute Gasteiger partial charge is 0.285 e. The van der Waals surface area contributed by atoms with Crippen molar-refractivity contribution in [3.05, 3.63) is 0 Å². The molecule has 0 bridgehead atoms. The van der Waals surface area contributed by atoms with Gasteiger partial charge >= 0.3 is 0 Å². The fourth-order valence-electron chi connectivity index (χ4n) is 0.783. The molecule has 0 aromatic rings. The minimum absolute atomic E-state index is 0.0607. The highest BCUT2D eigenvalue weighted by Crippen LogP contribution is 2.18. The van der Waals surface area contributed by atoms with Gasteiger partial charge in [0.1, 0.15) is 8.07 Å². The lowest BCUT2D eigenvalue weighted by Crippen LogP contribution is -2.18. The highest BCUT2D eigenvalue weighted by atomic mass is 28.3. The topological polar surface area (TPSA) is 17.1 Å². The van der Waals surface area contributed by atoms with E-state index in [1.54, 1.807) is 0 Å². The molecule has 0 saturated heterocycles. The number of hydrogen-bond acceptors (Lipinski definition) is 1. The molecule has 0 aliphatic carbocycles. The first-order valence-electron chi connectivity index (χ1n) is 4.66. The van der Waals surface area contributed by atoms with Gasteiger partial charge in [0.2, 0.25) is 5.78 Å². The lowest BCUT2D eigenvalue weighted by atomic mass is 9.90. The third kappa shape index (κ3) is 9.36. The number of Topliss-reactive ketones (excluding diaryl/α,β-unsaturated/α-hetero) is 1. The summed E-state index contributed by atoms with van der Waals surface area (Å²) < 4.78 is 0. The van der Waals surface area contributed by atoms with Crippen molar-refractivity contribution >= 4 is 13.9 Å². The predicted molar refractivity (Wildman–Crippen MR) is 60.2 cm³/mol. The highest BCUT2D eigenvalue weighted by molar-refractivity contribution is 6.84. The third-order valence-corrected chi connectivity index (χ3v) is 2.14. The second-order valence-corrected chi connectivity index (χ2v) is 10.4. The van der Waals surface area contributed by atoms with Crippen molar-refractivity contribution in [2.24, 2.45) is 5.41 Å². The van der Waals surface area contributed by atoms with E-state index >= 15 is 0 Å². The van der Waals surface area contributed by atoms with Gasteiger partial charge in [-0.05, 0) is 11.3 Å². The van der Waals surface area contributed by atoms with Crippen LogP contribution in [-0.4, -0.2) is 13.9 Å². The fraction of sp³-hybridized carbons (Fsp3) is 0.727. The first kappa shape index (κ1) is 12.4. The molecule has 0 rings (SSSR count). The van der Waals surface area contributed by atoms with E-state index in [0.29, 0.717) is 6.42 Å². The van der Waals surface area contributed by atoms with E-state index in [1.165, 1.54) is 0 Å². The molecule has 0 aromatic carbocycles. The van der Waals surface area contributed by atoms with Crippen LogP contribution in [0.2, 0.25) is 19.6 Å². The average Bonchev–Trinajstić information content (AvgIpc) is 1.78. The maximum Gasteiger partial charge on any atom is 0.205 e. The Kier molecular flexibility index (Phi) is 3.93. The summed E-state index contributed by atoms with van der Waals surface area (Å²) in [6, 6.07) is 0. The van der Waals surface area contributed by atoms with Crippen LogP contribution in [0.15, 0.2) is 0 Å². The number of carbonyl (C=O) groups is 1. The predicted octanol–water partition coefficient (Wildman–Crippen LogP) is 2.87. The number of rotatable bonds is 1. The average molecular weight is 196 g/mol. The summed E-state index contributed by atoms with van der Waals surface area (Å²) in [5.74, 6) is 2.83. The molecule has 0 atom stereocenters. The van der Waals surface area contributed by atoms with E-state index in [4.69, 9.17) is 0 Å². The summed E-state index contributed by atoms with van der Waals surface area (Å²) in [6.45, 7) is 12.6. The Labute approximate surface area is 82.9 Å².